The van der Waals surface area contributed by atoms with Gasteiger partial charge in [-0.15, -0.1) is 11.3 Å². The molecule has 0 bridgehead atoms. The van der Waals surface area contributed by atoms with E-state index in [0.29, 0.717) is 16.3 Å². The summed E-state index contributed by atoms with van der Waals surface area (Å²) in [6.45, 7) is 0. The first-order valence-electron chi connectivity index (χ1n) is 11.4. The number of hydrogen-bond acceptors (Lipinski definition) is 7. The second-order valence-electron chi connectivity index (χ2n) is 8.54. The highest BCUT2D eigenvalue weighted by atomic mass is 79.9. The molecule has 0 aliphatic heterocycles. The summed E-state index contributed by atoms with van der Waals surface area (Å²) in [7, 11) is 0. The van der Waals surface area contributed by atoms with Gasteiger partial charge < -0.3 is 14.3 Å². The third kappa shape index (κ3) is 4.39. The SMILES string of the molecule is O=C(NC1CCC[C@@H](n2c(-c3ccccn3)nc3cc(-c4cnco4)ncc32)C1)c1ccc(Br)s1. The smallest absolute Gasteiger partial charge is 0.261 e. The van der Waals surface area contributed by atoms with Gasteiger partial charge in [0.25, 0.3) is 5.91 Å². The summed E-state index contributed by atoms with van der Waals surface area (Å²) in [6.07, 6.45) is 10.4. The van der Waals surface area contributed by atoms with Crippen molar-refractivity contribution in [3.8, 4) is 23.0 Å². The highest BCUT2D eigenvalue weighted by Crippen LogP contribution is 2.36. The summed E-state index contributed by atoms with van der Waals surface area (Å²) in [5, 5.41) is 3.24. The molecular formula is C25H21BrN6O2S. The van der Waals surface area contributed by atoms with Crippen LogP contribution in [0.25, 0.3) is 34.0 Å². The van der Waals surface area contributed by atoms with E-state index < -0.39 is 0 Å². The van der Waals surface area contributed by atoms with Crippen molar-refractivity contribution in [3.63, 3.8) is 0 Å². The van der Waals surface area contributed by atoms with Gasteiger partial charge >= 0.3 is 0 Å². The number of carbonyl (C=O) groups is 1. The number of fused-ring (bicyclic) bond motifs is 1. The van der Waals surface area contributed by atoms with E-state index in [0.717, 1.165) is 52.0 Å². The second kappa shape index (κ2) is 9.35. The largest absolute Gasteiger partial charge is 0.442 e. The van der Waals surface area contributed by atoms with Crippen LogP contribution in [-0.4, -0.2) is 36.5 Å². The molecular weight excluding hydrogens is 528 g/mol. The van der Waals surface area contributed by atoms with Crippen LogP contribution in [0.3, 0.4) is 0 Å². The van der Waals surface area contributed by atoms with Crippen molar-refractivity contribution in [2.24, 2.45) is 0 Å². The van der Waals surface area contributed by atoms with Crippen LogP contribution in [0.4, 0.5) is 0 Å². The summed E-state index contributed by atoms with van der Waals surface area (Å²) in [4.78, 5) is 31.7. The normalized spacial score (nSPS) is 18.1. The Labute approximate surface area is 213 Å². The number of hydrogen-bond donors (Lipinski definition) is 1. The molecule has 0 radical (unpaired) electrons. The lowest BCUT2D eigenvalue weighted by molar-refractivity contribution is 0.0925. The molecule has 176 valence electrons. The predicted molar refractivity (Wildman–Crippen MR) is 137 cm³/mol. The minimum Gasteiger partial charge on any atom is -0.442 e. The summed E-state index contributed by atoms with van der Waals surface area (Å²) in [6, 6.07) is 11.8. The quantitative estimate of drug-likeness (QED) is 0.294. The van der Waals surface area contributed by atoms with Gasteiger partial charge in [-0.2, -0.15) is 0 Å². The summed E-state index contributed by atoms with van der Waals surface area (Å²) >= 11 is 4.88. The molecule has 1 aliphatic rings. The molecule has 0 aromatic carbocycles. The number of carbonyl (C=O) groups excluding carboxylic acids is 1. The van der Waals surface area contributed by atoms with Gasteiger partial charge in [-0.1, -0.05) is 6.07 Å². The standard InChI is InChI=1S/C25H21BrN6O2S/c26-23-8-7-22(35-23)25(33)30-15-4-3-5-16(10-15)32-20-12-29-19(21-13-27-14-34-21)11-18(20)31-24(32)17-6-1-2-9-28-17/h1-2,6-9,11-16H,3-5,10H2,(H,30,33)/t15?,16-/m1/s1. The highest BCUT2D eigenvalue weighted by molar-refractivity contribution is 9.11. The Bertz CT molecular complexity index is 1480. The van der Waals surface area contributed by atoms with Crippen LogP contribution < -0.4 is 5.32 Å². The molecule has 10 heteroatoms. The lowest BCUT2D eigenvalue weighted by atomic mass is 9.90. The van der Waals surface area contributed by atoms with E-state index in [1.54, 1.807) is 12.4 Å². The van der Waals surface area contributed by atoms with Gasteiger partial charge in [-0.25, -0.2) is 9.97 Å². The number of aromatic nitrogens is 5. The highest BCUT2D eigenvalue weighted by Gasteiger charge is 2.29. The van der Waals surface area contributed by atoms with Crippen molar-refractivity contribution in [1.82, 2.24) is 29.8 Å². The number of rotatable bonds is 5. The zero-order valence-corrected chi connectivity index (χ0v) is 21.0. The molecule has 1 N–H and O–H groups in total. The Morgan fingerprint density at radius 2 is 2.09 bits per heavy atom. The number of oxazole rings is 1. The molecule has 8 nitrogen and oxygen atoms in total. The molecule has 0 saturated heterocycles. The van der Waals surface area contributed by atoms with Crippen molar-refractivity contribution < 1.29 is 9.21 Å². The van der Waals surface area contributed by atoms with Crippen LogP contribution in [0, 0.1) is 0 Å². The lowest BCUT2D eigenvalue weighted by Gasteiger charge is -2.31. The molecule has 1 aliphatic carbocycles. The average Bonchev–Trinajstić information content (AvgIpc) is 3.64. The minimum absolute atomic E-state index is 0.0230. The van der Waals surface area contributed by atoms with E-state index in [2.05, 4.69) is 40.8 Å². The maximum absolute atomic E-state index is 12.8. The first-order chi connectivity index (χ1) is 17.2. The van der Waals surface area contributed by atoms with Gasteiger partial charge in [0.2, 0.25) is 0 Å². The van der Waals surface area contributed by atoms with Gasteiger partial charge in [-0.3, -0.25) is 14.8 Å². The van der Waals surface area contributed by atoms with Crippen LogP contribution in [0.15, 0.2) is 69.6 Å². The van der Waals surface area contributed by atoms with E-state index in [1.807, 2.05) is 42.6 Å². The molecule has 1 unspecified atom stereocenters. The number of nitrogens with zero attached hydrogens (tertiary/aromatic N) is 5. The number of halogens is 1. The minimum atomic E-state index is -0.0230. The molecule has 1 amide bonds. The molecule has 2 atom stereocenters. The molecule has 35 heavy (non-hydrogen) atoms. The fourth-order valence-electron chi connectivity index (χ4n) is 4.74. The van der Waals surface area contributed by atoms with Gasteiger partial charge in [-0.05, 0) is 71.9 Å². The fraction of sp³-hybridized carbons (Fsp3) is 0.240. The number of amides is 1. The lowest BCUT2D eigenvalue weighted by Crippen LogP contribution is -2.38. The maximum atomic E-state index is 12.8. The predicted octanol–water partition coefficient (Wildman–Crippen LogP) is 5.89. The van der Waals surface area contributed by atoms with Gasteiger partial charge in [0, 0.05) is 18.3 Å². The van der Waals surface area contributed by atoms with Crippen molar-refractivity contribution in [2.45, 2.75) is 37.8 Å². The summed E-state index contributed by atoms with van der Waals surface area (Å²) < 4.78 is 8.63. The second-order valence-corrected chi connectivity index (χ2v) is 11.0. The molecule has 5 aromatic rings. The Morgan fingerprint density at radius 3 is 2.86 bits per heavy atom. The average molecular weight is 549 g/mol. The number of nitrogens with one attached hydrogen (secondary N) is 1. The van der Waals surface area contributed by atoms with Crippen LogP contribution in [0.2, 0.25) is 0 Å². The number of pyridine rings is 2. The fourth-order valence-corrected chi connectivity index (χ4v) is 6.03. The monoisotopic (exact) mass is 548 g/mol. The first kappa shape index (κ1) is 22.1. The van der Waals surface area contributed by atoms with Crippen LogP contribution in [-0.2, 0) is 0 Å². The summed E-state index contributed by atoms with van der Waals surface area (Å²) in [5.41, 5.74) is 3.25. The van der Waals surface area contributed by atoms with E-state index >= 15 is 0 Å². The molecule has 0 spiro atoms. The molecule has 6 rings (SSSR count). The van der Waals surface area contributed by atoms with Crippen molar-refractivity contribution >= 4 is 44.2 Å². The zero-order valence-electron chi connectivity index (χ0n) is 18.6. The third-order valence-corrected chi connectivity index (χ3v) is 7.92. The van der Waals surface area contributed by atoms with Crippen molar-refractivity contribution in [2.75, 3.05) is 0 Å². The van der Waals surface area contributed by atoms with Gasteiger partial charge in [0.15, 0.2) is 18.0 Å². The van der Waals surface area contributed by atoms with E-state index in [4.69, 9.17) is 9.40 Å². The zero-order chi connectivity index (χ0) is 23.8. The molecule has 1 fully saturated rings. The van der Waals surface area contributed by atoms with E-state index in [9.17, 15) is 4.79 Å². The topological polar surface area (TPSA) is 98.7 Å². The maximum Gasteiger partial charge on any atom is 0.261 e. The van der Waals surface area contributed by atoms with Crippen LogP contribution in [0.5, 0.6) is 0 Å². The molecule has 5 heterocycles. The van der Waals surface area contributed by atoms with E-state index in [-0.39, 0.29) is 18.0 Å². The number of imidazole rings is 1. The van der Waals surface area contributed by atoms with Crippen molar-refractivity contribution in [3.05, 3.63) is 70.0 Å². The van der Waals surface area contributed by atoms with Crippen LogP contribution >= 0.6 is 27.3 Å². The van der Waals surface area contributed by atoms with Gasteiger partial charge in [0.1, 0.15) is 11.4 Å². The Balaban J connectivity index is 1.36. The molecule has 1 saturated carbocycles. The number of thiophene rings is 1. The summed E-state index contributed by atoms with van der Waals surface area (Å²) in [5.74, 6) is 1.38. The van der Waals surface area contributed by atoms with Gasteiger partial charge in [0.05, 0.1) is 32.1 Å². The first-order valence-corrected chi connectivity index (χ1v) is 13.0. The third-order valence-electron chi connectivity index (χ3n) is 6.30. The Hall–Kier alpha value is -3.37. The van der Waals surface area contributed by atoms with E-state index in [1.165, 1.54) is 17.7 Å². The van der Waals surface area contributed by atoms with Crippen LogP contribution in [0.1, 0.15) is 41.4 Å². The molecule has 5 aromatic heterocycles. The Kier molecular flexibility index (Phi) is 5.91. The Morgan fingerprint density at radius 1 is 1.14 bits per heavy atom. The van der Waals surface area contributed by atoms with Crippen molar-refractivity contribution in [1.29, 1.82) is 0 Å².